The molecule has 0 aliphatic carbocycles. The van der Waals surface area contributed by atoms with Crippen LogP contribution in [0.1, 0.15) is 16.8 Å². The zero-order valence-electron chi connectivity index (χ0n) is 12.4. The molecule has 2 N–H and O–H groups in total. The Morgan fingerprint density at radius 3 is 2.74 bits per heavy atom. The van der Waals surface area contributed by atoms with Crippen LogP contribution in [0.15, 0.2) is 41.8 Å². The quantitative estimate of drug-likeness (QED) is 0.699. The first kappa shape index (κ1) is 17.6. The molecule has 0 spiro atoms. The first-order valence-corrected chi connectivity index (χ1v) is 10.3. The van der Waals surface area contributed by atoms with Crippen molar-refractivity contribution >= 4 is 25.8 Å². The average Bonchev–Trinajstić information content (AvgIpc) is 2.84. The van der Waals surface area contributed by atoms with Crippen LogP contribution in [-0.4, -0.2) is 46.8 Å². The first-order chi connectivity index (χ1) is 10.7. The van der Waals surface area contributed by atoms with Gasteiger partial charge in [-0.15, -0.1) is 6.58 Å². The molecule has 1 aliphatic heterocycles. The molecule has 1 fully saturated rings. The van der Waals surface area contributed by atoms with Crippen LogP contribution < -0.4 is 10.0 Å². The third kappa shape index (κ3) is 4.63. The molecular weight excluding hydrogens is 340 g/mol. The second kappa shape index (κ2) is 6.81. The molecule has 126 valence electrons. The van der Waals surface area contributed by atoms with Crippen molar-refractivity contribution in [2.24, 2.45) is 0 Å². The maximum atomic E-state index is 12.2. The summed E-state index contributed by atoms with van der Waals surface area (Å²) in [5.41, 5.74) is 0.163. The van der Waals surface area contributed by atoms with E-state index in [0.717, 1.165) is 0 Å². The van der Waals surface area contributed by atoms with E-state index in [0.29, 0.717) is 6.42 Å². The van der Waals surface area contributed by atoms with E-state index in [1.165, 1.54) is 30.3 Å². The summed E-state index contributed by atoms with van der Waals surface area (Å²) in [5, 5.41) is 2.62. The maximum absolute atomic E-state index is 12.2. The van der Waals surface area contributed by atoms with E-state index in [1.54, 1.807) is 0 Å². The molecule has 1 unspecified atom stereocenters. The van der Waals surface area contributed by atoms with Gasteiger partial charge in [-0.05, 0) is 24.6 Å². The highest BCUT2D eigenvalue weighted by molar-refractivity contribution is 7.91. The van der Waals surface area contributed by atoms with Gasteiger partial charge in [0.15, 0.2) is 9.84 Å². The number of amides is 1. The fraction of sp³-hybridized carbons (Fsp3) is 0.357. The van der Waals surface area contributed by atoms with Crippen LogP contribution in [0.3, 0.4) is 0 Å². The third-order valence-electron chi connectivity index (χ3n) is 3.39. The van der Waals surface area contributed by atoms with Crippen molar-refractivity contribution in [3.8, 4) is 0 Å². The van der Waals surface area contributed by atoms with E-state index in [4.69, 9.17) is 0 Å². The number of carbonyl (C=O) groups excluding carboxylic acids is 1. The number of sulfonamides is 1. The Kier molecular flexibility index (Phi) is 5.23. The van der Waals surface area contributed by atoms with Crippen LogP contribution in [-0.2, 0) is 19.9 Å². The molecule has 0 saturated carbocycles. The van der Waals surface area contributed by atoms with Crippen LogP contribution in [0.4, 0.5) is 0 Å². The highest BCUT2D eigenvalue weighted by Crippen LogP contribution is 2.14. The number of carbonyl (C=O) groups is 1. The molecule has 1 saturated heterocycles. The van der Waals surface area contributed by atoms with Crippen molar-refractivity contribution in [3.05, 3.63) is 42.5 Å². The van der Waals surface area contributed by atoms with Crippen LogP contribution in [0.25, 0.3) is 0 Å². The predicted octanol–water partition coefficient (Wildman–Crippen LogP) is 0.0678. The molecule has 0 radical (unpaired) electrons. The SMILES string of the molecule is C=CCNS(=O)(=O)c1cccc(C(=O)NC2CCS(=O)(=O)C2)c1. The van der Waals surface area contributed by atoms with Crippen LogP contribution in [0, 0.1) is 0 Å². The highest BCUT2D eigenvalue weighted by Gasteiger charge is 2.29. The summed E-state index contributed by atoms with van der Waals surface area (Å²) in [7, 11) is -6.82. The molecule has 9 heteroatoms. The second-order valence-electron chi connectivity index (χ2n) is 5.24. The van der Waals surface area contributed by atoms with Crippen molar-refractivity contribution in [1.82, 2.24) is 10.0 Å². The summed E-state index contributed by atoms with van der Waals surface area (Å²) >= 11 is 0. The maximum Gasteiger partial charge on any atom is 0.251 e. The van der Waals surface area contributed by atoms with Crippen molar-refractivity contribution in [2.75, 3.05) is 18.1 Å². The summed E-state index contributed by atoms with van der Waals surface area (Å²) in [6.07, 6.45) is 1.78. The average molecular weight is 358 g/mol. The van der Waals surface area contributed by atoms with Gasteiger partial charge in [0.2, 0.25) is 10.0 Å². The monoisotopic (exact) mass is 358 g/mol. The van der Waals surface area contributed by atoms with Gasteiger partial charge in [-0.3, -0.25) is 4.79 Å². The third-order valence-corrected chi connectivity index (χ3v) is 6.58. The molecule has 0 bridgehead atoms. The lowest BCUT2D eigenvalue weighted by atomic mass is 10.2. The van der Waals surface area contributed by atoms with Gasteiger partial charge >= 0.3 is 0 Å². The van der Waals surface area contributed by atoms with Crippen LogP contribution in [0.2, 0.25) is 0 Å². The molecule has 7 nitrogen and oxygen atoms in total. The van der Waals surface area contributed by atoms with Gasteiger partial charge in [-0.25, -0.2) is 21.6 Å². The summed E-state index contributed by atoms with van der Waals surface area (Å²) in [6, 6.07) is 5.13. The molecular formula is C14H18N2O5S2. The zero-order chi connectivity index (χ0) is 17.1. The second-order valence-corrected chi connectivity index (χ2v) is 9.24. The molecule has 0 aromatic heterocycles. The van der Waals surface area contributed by atoms with Gasteiger partial charge in [-0.2, -0.15) is 0 Å². The summed E-state index contributed by atoms with van der Waals surface area (Å²) in [4.78, 5) is 12.1. The zero-order valence-corrected chi connectivity index (χ0v) is 14.0. The van der Waals surface area contributed by atoms with E-state index < -0.39 is 31.8 Å². The smallest absolute Gasteiger partial charge is 0.251 e. The van der Waals surface area contributed by atoms with Gasteiger partial charge in [0.25, 0.3) is 5.91 Å². The van der Waals surface area contributed by atoms with Gasteiger partial charge < -0.3 is 5.32 Å². The fourth-order valence-corrected chi connectivity index (χ4v) is 4.95. The summed E-state index contributed by atoms with van der Waals surface area (Å²) < 4.78 is 49.2. The van der Waals surface area contributed by atoms with Gasteiger partial charge in [-0.1, -0.05) is 12.1 Å². The number of benzene rings is 1. The van der Waals surface area contributed by atoms with Gasteiger partial charge in [0.05, 0.1) is 16.4 Å². The Labute approximate surface area is 135 Å². The molecule has 1 aliphatic rings. The molecule has 2 rings (SSSR count). The Balaban J connectivity index is 2.13. The molecule has 1 atom stereocenters. The summed E-state index contributed by atoms with van der Waals surface area (Å²) in [5.74, 6) is -0.525. The van der Waals surface area contributed by atoms with Crippen LogP contribution in [0.5, 0.6) is 0 Å². The number of nitrogens with one attached hydrogen (secondary N) is 2. The Morgan fingerprint density at radius 1 is 1.39 bits per heavy atom. The standard InChI is InChI=1S/C14H18N2O5S2/c1-2-7-15-23(20,21)13-5-3-4-11(9-13)14(17)16-12-6-8-22(18,19)10-12/h2-5,9,12,15H,1,6-8,10H2,(H,16,17). The fourth-order valence-electron chi connectivity index (χ4n) is 2.23. The van der Waals surface area contributed by atoms with Crippen LogP contribution >= 0.6 is 0 Å². The normalized spacial score (nSPS) is 20.1. The van der Waals surface area contributed by atoms with E-state index in [1.807, 2.05) is 0 Å². The minimum absolute atomic E-state index is 0.0361. The van der Waals surface area contributed by atoms with E-state index in [9.17, 15) is 21.6 Å². The lowest BCUT2D eigenvalue weighted by Gasteiger charge is -2.12. The van der Waals surface area contributed by atoms with Gasteiger partial charge in [0.1, 0.15) is 0 Å². The molecule has 1 aromatic rings. The lowest BCUT2D eigenvalue weighted by molar-refractivity contribution is 0.0941. The summed E-state index contributed by atoms with van der Waals surface area (Å²) in [6.45, 7) is 3.51. The molecule has 1 amide bonds. The molecule has 1 aromatic carbocycles. The van der Waals surface area contributed by atoms with Crippen molar-refractivity contribution in [2.45, 2.75) is 17.4 Å². The van der Waals surface area contributed by atoms with Crippen molar-refractivity contribution < 1.29 is 21.6 Å². The first-order valence-electron chi connectivity index (χ1n) is 6.95. The molecule has 1 heterocycles. The van der Waals surface area contributed by atoms with E-state index >= 15 is 0 Å². The Hall–Kier alpha value is -1.71. The minimum atomic E-state index is -3.72. The Morgan fingerprint density at radius 2 is 2.13 bits per heavy atom. The number of hydrogen-bond donors (Lipinski definition) is 2. The van der Waals surface area contributed by atoms with E-state index in [2.05, 4.69) is 16.6 Å². The topological polar surface area (TPSA) is 109 Å². The molecule has 23 heavy (non-hydrogen) atoms. The highest BCUT2D eigenvalue weighted by atomic mass is 32.2. The van der Waals surface area contributed by atoms with Crippen molar-refractivity contribution in [3.63, 3.8) is 0 Å². The predicted molar refractivity (Wildman–Crippen MR) is 86.4 cm³/mol. The number of sulfone groups is 1. The van der Waals surface area contributed by atoms with Crippen molar-refractivity contribution in [1.29, 1.82) is 0 Å². The van der Waals surface area contributed by atoms with Gasteiger partial charge in [0, 0.05) is 18.2 Å². The van der Waals surface area contributed by atoms with E-state index in [-0.39, 0.29) is 28.5 Å². The largest absolute Gasteiger partial charge is 0.348 e. The minimum Gasteiger partial charge on any atom is -0.348 e. The Bertz CT molecular complexity index is 815. The number of hydrogen-bond acceptors (Lipinski definition) is 5. The number of rotatable bonds is 6. The lowest BCUT2D eigenvalue weighted by Crippen LogP contribution is -2.35.